The lowest BCUT2D eigenvalue weighted by Gasteiger charge is -2.31. The van der Waals surface area contributed by atoms with Crippen molar-refractivity contribution in [3.63, 3.8) is 0 Å². The third-order valence-electron chi connectivity index (χ3n) is 2.85. The van der Waals surface area contributed by atoms with Gasteiger partial charge in [0.15, 0.2) is 17.2 Å². The van der Waals surface area contributed by atoms with Gasteiger partial charge in [-0.2, -0.15) is 0 Å². The zero-order valence-electron chi connectivity index (χ0n) is 9.66. The van der Waals surface area contributed by atoms with Crippen LogP contribution in [0.2, 0.25) is 0 Å². The first kappa shape index (κ1) is 10.9. The Hall–Kier alpha value is -1.64. The molecule has 3 nitrogen and oxygen atoms in total. The molecule has 2 rings (SSSR count). The molecule has 0 amide bonds. The van der Waals surface area contributed by atoms with Crippen LogP contribution >= 0.6 is 0 Å². The van der Waals surface area contributed by atoms with Gasteiger partial charge in [-0.3, -0.25) is 9.59 Å². The Balaban J connectivity index is 2.44. The molecule has 3 heteroatoms. The summed E-state index contributed by atoms with van der Waals surface area (Å²) in [6.07, 6.45) is 0.337. The Morgan fingerprint density at radius 2 is 2.06 bits per heavy atom. The van der Waals surface area contributed by atoms with Crippen LogP contribution in [-0.2, 0) is 11.2 Å². The first-order chi connectivity index (χ1) is 7.40. The van der Waals surface area contributed by atoms with Gasteiger partial charge in [-0.15, -0.1) is 0 Å². The Kier molecular flexibility index (Phi) is 2.34. The van der Waals surface area contributed by atoms with Gasteiger partial charge in [0.05, 0.1) is 0 Å². The minimum Gasteiger partial charge on any atom is -0.480 e. The lowest BCUT2D eigenvalue weighted by molar-refractivity contribution is -0.132. The first-order valence-electron chi connectivity index (χ1n) is 5.26. The van der Waals surface area contributed by atoms with Crippen molar-refractivity contribution in [2.45, 2.75) is 32.8 Å². The highest BCUT2D eigenvalue weighted by molar-refractivity contribution is 5.96. The third-order valence-corrected chi connectivity index (χ3v) is 2.85. The summed E-state index contributed by atoms with van der Waals surface area (Å²) in [6, 6.07) is 5.23. The molecule has 1 aliphatic heterocycles. The van der Waals surface area contributed by atoms with E-state index in [2.05, 4.69) is 0 Å². The van der Waals surface area contributed by atoms with Crippen LogP contribution in [0.3, 0.4) is 0 Å². The second-order valence-corrected chi connectivity index (χ2v) is 4.59. The smallest absolute Gasteiger partial charge is 0.180 e. The van der Waals surface area contributed by atoms with Crippen LogP contribution in [0.4, 0.5) is 0 Å². The maximum absolute atomic E-state index is 11.7. The molecule has 84 valence electrons. The summed E-state index contributed by atoms with van der Waals surface area (Å²) in [7, 11) is 0. The van der Waals surface area contributed by atoms with Crippen molar-refractivity contribution < 1.29 is 14.3 Å². The molecule has 1 heterocycles. The number of carbonyl (C=O) groups is 2. The SMILES string of the molecule is CC(=O)c1ccc2c(c1)CC(=O)C(C)(C)O2. The molecule has 0 radical (unpaired) electrons. The minimum absolute atomic E-state index is 0.0000765. The van der Waals surface area contributed by atoms with Gasteiger partial charge in [0, 0.05) is 17.5 Å². The van der Waals surface area contributed by atoms with Crippen LogP contribution in [-0.4, -0.2) is 17.2 Å². The largest absolute Gasteiger partial charge is 0.480 e. The number of benzene rings is 1. The average molecular weight is 218 g/mol. The summed E-state index contributed by atoms with van der Waals surface area (Å²) in [4.78, 5) is 23.0. The predicted molar refractivity (Wildman–Crippen MR) is 59.9 cm³/mol. The third kappa shape index (κ3) is 1.73. The summed E-state index contributed by atoms with van der Waals surface area (Å²) < 4.78 is 5.61. The Morgan fingerprint density at radius 1 is 1.38 bits per heavy atom. The predicted octanol–water partition coefficient (Wildman–Crippen LogP) is 2.17. The van der Waals surface area contributed by atoms with Crippen molar-refractivity contribution in [3.8, 4) is 5.75 Å². The Labute approximate surface area is 94.4 Å². The second kappa shape index (κ2) is 3.44. The van der Waals surface area contributed by atoms with E-state index in [4.69, 9.17) is 4.74 Å². The molecule has 0 atom stereocenters. The number of ketones is 2. The molecule has 1 aliphatic rings. The lowest BCUT2D eigenvalue weighted by Crippen LogP contribution is -2.42. The molecular weight excluding hydrogens is 204 g/mol. The molecule has 0 saturated heterocycles. The normalized spacial score (nSPS) is 17.6. The fourth-order valence-corrected chi connectivity index (χ4v) is 1.75. The topological polar surface area (TPSA) is 43.4 Å². The van der Waals surface area contributed by atoms with E-state index in [1.165, 1.54) is 6.92 Å². The quantitative estimate of drug-likeness (QED) is 0.678. The number of carbonyl (C=O) groups excluding carboxylic acids is 2. The Bertz CT molecular complexity index is 472. The summed E-state index contributed by atoms with van der Waals surface area (Å²) in [5.41, 5.74) is 0.664. The van der Waals surface area contributed by atoms with Crippen LogP contribution in [0.15, 0.2) is 18.2 Å². The molecule has 1 aromatic carbocycles. The molecule has 0 bridgehead atoms. The van der Waals surface area contributed by atoms with Crippen LogP contribution in [0.5, 0.6) is 5.75 Å². The van der Waals surface area contributed by atoms with Crippen molar-refractivity contribution in [1.29, 1.82) is 0 Å². The minimum atomic E-state index is -0.759. The molecular formula is C13H14O3. The highest BCUT2D eigenvalue weighted by Gasteiger charge is 2.35. The summed E-state index contributed by atoms with van der Waals surface area (Å²) >= 11 is 0. The van der Waals surface area contributed by atoms with Gasteiger partial charge < -0.3 is 4.74 Å². The highest BCUT2D eigenvalue weighted by Crippen LogP contribution is 2.31. The molecule has 0 fully saturated rings. The fraction of sp³-hybridized carbons (Fsp3) is 0.385. The van der Waals surface area contributed by atoms with E-state index < -0.39 is 5.60 Å². The molecule has 0 aromatic heterocycles. The molecule has 0 N–H and O–H groups in total. The van der Waals surface area contributed by atoms with E-state index in [0.29, 0.717) is 17.7 Å². The van der Waals surface area contributed by atoms with Gasteiger partial charge in [-0.05, 0) is 39.0 Å². The maximum Gasteiger partial charge on any atom is 0.180 e. The molecule has 16 heavy (non-hydrogen) atoms. The zero-order chi connectivity index (χ0) is 11.9. The average Bonchev–Trinajstić information content (AvgIpc) is 2.18. The van der Waals surface area contributed by atoms with E-state index in [-0.39, 0.29) is 11.6 Å². The van der Waals surface area contributed by atoms with Gasteiger partial charge in [0.1, 0.15) is 5.75 Å². The van der Waals surface area contributed by atoms with Crippen molar-refractivity contribution in [3.05, 3.63) is 29.3 Å². The van der Waals surface area contributed by atoms with Gasteiger partial charge in [-0.25, -0.2) is 0 Å². The van der Waals surface area contributed by atoms with Gasteiger partial charge in [0.25, 0.3) is 0 Å². The highest BCUT2D eigenvalue weighted by atomic mass is 16.5. The van der Waals surface area contributed by atoms with Crippen LogP contribution in [0, 0.1) is 0 Å². The number of rotatable bonds is 1. The molecule has 0 aliphatic carbocycles. The fourth-order valence-electron chi connectivity index (χ4n) is 1.75. The Morgan fingerprint density at radius 3 is 2.69 bits per heavy atom. The van der Waals surface area contributed by atoms with E-state index >= 15 is 0 Å². The van der Waals surface area contributed by atoms with E-state index in [0.717, 1.165) is 5.56 Å². The lowest BCUT2D eigenvalue weighted by atomic mass is 9.91. The monoisotopic (exact) mass is 218 g/mol. The van der Waals surface area contributed by atoms with Crippen LogP contribution in [0.1, 0.15) is 36.7 Å². The zero-order valence-corrected chi connectivity index (χ0v) is 9.66. The second-order valence-electron chi connectivity index (χ2n) is 4.59. The van der Waals surface area contributed by atoms with Crippen molar-refractivity contribution in [2.75, 3.05) is 0 Å². The van der Waals surface area contributed by atoms with E-state index in [1.807, 2.05) is 0 Å². The summed E-state index contributed by atoms with van der Waals surface area (Å²) in [6.45, 7) is 5.03. The molecule has 0 spiro atoms. The van der Waals surface area contributed by atoms with Crippen LogP contribution in [0.25, 0.3) is 0 Å². The standard InChI is InChI=1S/C13H14O3/c1-8(14)9-4-5-11-10(6-9)7-12(15)13(2,3)16-11/h4-6H,7H2,1-3H3. The van der Waals surface area contributed by atoms with Gasteiger partial charge >= 0.3 is 0 Å². The van der Waals surface area contributed by atoms with E-state index in [1.54, 1.807) is 32.0 Å². The number of hydrogen-bond donors (Lipinski definition) is 0. The number of ether oxygens (including phenoxy) is 1. The van der Waals surface area contributed by atoms with Crippen molar-refractivity contribution in [2.24, 2.45) is 0 Å². The van der Waals surface area contributed by atoms with Crippen molar-refractivity contribution >= 4 is 11.6 Å². The first-order valence-corrected chi connectivity index (χ1v) is 5.26. The summed E-state index contributed by atoms with van der Waals surface area (Å²) in [5.74, 6) is 0.746. The number of Topliss-reactive ketones (excluding diaryl/α,β-unsaturated/α-hetero) is 2. The van der Waals surface area contributed by atoms with Gasteiger partial charge in [-0.1, -0.05) is 0 Å². The van der Waals surface area contributed by atoms with Crippen LogP contribution < -0.4 is 4.74 Å². The molecule has 0 unspecified atom stereocenters. The maximum atomic E-state index is 11.7. The summed E-state index contributed by atoms with van der Waals surface area (Å²) in [5, 5.41) is 0. The molecule has 1 aromatic rings. The molecule has 0 saturated carbocycles. The number of fused-ring (bicyclic) bond motifs is 1. The van der Waals surface area contributed by atoms with Gasteiger partial charge in [0.2, 0.25) is 0 Å². The van der Waals surface area contributed by atoms with E-state index in [9.17, 15) is 9.59 Å². The van der Waals surface area contributed by atoms with Crippen molar-refractivity contribution in [1.82, 2.24) is 0 Å². The number of hydrogen-bond acceptors (Lipinski definition) is 3.